The van der Waals surface area contributed by atoms with E-state index in [4.69, 9.17) is 5.11 Å². The first kappa shape index (κ1) is 10.7. The topological polar surface area (TPSA) is 83.6 Å². The summed E-state index contributed by atoms with van der Waals surface area (Å²) in [6.45, 7) is 2.48. The number of aromatic carboxylic acids is 1. The normalized spacial score (nSPS) is 14.8. The summed E-state index contributed by atoms with van der Waals surface area (Å²) in [5, 5.41) is 12.1. The highest BCUT2D eigenvalue weighted by Gasteiger charge is 2.33. The smallest absolute Gasteiger partial charge is 0.374 e. The molecule has 0 unspecified atom stereocenters. The maximum Gasteiger partial charge on any atom is 0.374 e. The van der Waals surface area contributed by atoms with Crippen molar-refractivity contribution in [2.24, 2.45) is 0 Å². The molecule has 1 saturated carbocycles. The van der Waals surface area contributed by atoms with Gasteiger partial charge in [0.2, 0.25) is 5.76 Å². The number of carbonyl (C=O) groups excluding carboxylic acids is 1. The molecule has 6 nitrogen and oxygen atoms in total. The van der Waals surface area contributed by atoms with Gasteiger partial charge in [0.15, 0.2) is 5.69 Å². The van der Waals surface area contributed by atoms with Crippen LogP contribution in [0, 0.1) is 0 Å². The van der Waals surface area contributed by atoms with Crippen LogP contribution in [0.3, 0.4) is 0 Å². The zero-order valence-corrected chi connectivity index (χ0v) is 8.84. The van der Waals surface area contributed by atoms with Crippen molar-refractivity contribution < 1.29 is 19.2 Å². The minimum atomic E-state index is -1.22. The van der Waals surface area contributed by atoms with Crippen molar-refractivity contribution in [1.82, 2.24) is 10.1 Å². The van der Waals surface area contributed by atoms with Gasteiger partial charge in [-0.2, -0.15) is 0 Å². The molecule has 0 radical (unpaired) electrons. The standard InChI is InChI=1S/C10H12N2O4/c1-2-12(6-3-4-6)9(13)7-5-8(10(14)15)16-11-7/h5-6H,2-4H2,1H3,(H,14,15). The molecule has 1 fully saturated rings. The fraction of sp³-hybridized carbons (Fsp3) is 0.500. The van der Waals surface area contributed by atoms with Gasteiger partial charge in [-0.05, 0) is 19.8 Å². The van der Waals surface area contributed by atoms with E-state index in [1.165, 1.54) is 0 Å². The number of aromatic nitrogens is 1. The molecule has 86 valence electrons. The minimum absolute atomic E-state index is 0.0613. The van der Waals surface area contributed by atoms with Crippen LogP contribution in [0.5, 0.6) is 0 Å². The maximum atomic E-state index is 11.9. The van der Waals surface area contributed by atoms with E-state index in [-0.39, 0.29) is 23.4 Å². The van der Waals surface area contributed by atoms with Gasteiger partial charge in [0, 0.05) is 18.7 Å². The molecule has 1 aromatic heterocycles. The third kappa shape index (κ3) is 1.91. The van der Waals surface area contributed by atoms with Crippen LogP contribution in [-0.4, -0.2) is 39.6 Å². The number of hydrogen-bond donors (Lipinski definition) is 1. The predicted molar refractivity (Wildman–Crippen MR) is 53.2 cm³/mol. The lowest BCUT2D eigenvalue weighted by molar-refractivity contribution is 0.0648. The van der Waals surface area contributed by atoms with Gasteiger partial charge in [0.05, 0.1) is 0 Å². The second-order valence-electron chi connectivity index (χ2n) is 3.70. The molecule has 6 heteroatoms. The third-order valence-electron chi connectivity index (χ3n) is 2.53. The summed E-state index contributed by atoms with van der Waals surface area (Å²) in [5.41, 5.74) is 0.0613. The van der Waals surface area contributed by atoms with Crippen molar-refractivity contribution in [1.29, 1.82) is 0 Å². The molecular formula is C10H12N2O4. The summed E-state index contributed by atoms with van der Waals surface area (Å²) in [5.74, 6) is -1.79. The van der Waals surface area contributed by atoms with Crippen LogP contribution >= 0.6 is 0 Å². The molecule has 0 aromatic carbocycles. The van der Waals surface area contributed by atoms with Gasteiger partial charge in [-0.25, -0.2) is 4.79 Å². The number of rotatable bonds is 4. The number of carboxylic acid groups (broad SMARTS) is 1. The molecule has 1 aliphatic carbocycles. The predicted octanol–water partition coefficient (Wildman–Crippen LogP) is 0.997. The minimum Gasteiger partial charge on any atom is -0.475 e. The molecular weight excluding hydrogens is 212 g/mol. The third-order valence-corrected chi connectivity index (χ3v) is 2.53. The number of carboxylic acids is 1. The van der Waals surface area contributed by atoms with E-state index in [0.717, 1.165) is 18.9 Å². The first-order chi connectivity index (χ1) is 7.63. The Hall–Kier alpha value is -1.85. The number of hydrogen-bond acceptors (Lipinski definition) is 4. The lowest BCUT2D eigenvalue weighted by Gasteiger charge is -2.18. The molecule has 1 N–H and O–H groups in total. The monoisotopic (exact) mass is 224 g/mol. The molecule has 16 heavy (non-hydrogen) atoms. The zero-order chi connectivity index (χ0) is 11.7. The van der Waals surface area contributed by atoms with Crippen LogP contribution in [0.2, 0.25) is 0 Å². The lowest BCUT2D eigenvalue weighted by atomic mass is 10.3. The van der Waals surface area contributed by atoms with Crippen molar-refractivity contribution in [3.05, 3.63) is 17.5 Å². The van der Waals surface area contributed by atoms with Crippen LogP contribution in [0.15, 0.2) is 10.6 Å². The van der Waals surface area contributed by atoms with Crippen LogP contribution in [0.25, 0.3) is 0 Å². The second kappa shape index (κ2) is 3.96. The summed E-state index contributed by atoms with van der Waals surface area (Å²) in [6.07, 6.45) is 2.01. The molecule has 0 spiro atoms. The van der Waals surface area contributed by atoms with E-state index in [0.29, 0.717) is 6.54 Å². The molecule has 0 atom stereocenters. The van der Waals surface area contributed by atoms with Crippen molar-refractivity contribution in [2.75, 3.05) is 6.54 Å². The first-order valence-electron chi connectivity index (χ1n) is 5.14. The van der Waals surface area contributed by atoms with Crippen molar-refractivity contribution in [3.8, 4) is 0 Å². The zero-order valence-electron chi connectivity index (χ0n) is 8.84. The maximum absolute atomic E-state index is 11.9. The van der Waals surface area contributed by atoms with Gasteiger partial charge >= 0.3 is 5.97 Å². The Morgan fingerprint density at radius 2 is 2.31 bits per heavy atom. The molecule has 2 rings (SSSR count). The summed E-state index contributed by atoms with van der Waals surface area (Å²) in [6, 6.07) is 1.44. The highest BCUT2D eigenvalue weighted by molar-refractivity contribution is 5.95. The Morgan fingerprint density at radius 1 is 1.62 bits per heavy atom. The molecule has 1 amide bonds. The van der Waals surface area contributed by atoms with Gasteiger partial charge in [0.1, 0.15) is 0 Å². The average Bonchev–Trinajstić information content (AvgIpc) is 2.96. The van der Waals surface area contributed by atoms with Crippen LogP contribution < -0.4 is 0 Å². The molecule has 1 heterocycles. The summed E-state index contributed by atoms with van der Waals surface area (Å²) in [7, 11) is 0. The Kier molecular flexibility index (Phi) is 2.64. The van der Waals surface area contributed by atoms with E-state index < -0.39 is 5.97 Å². The van der Waals surface area contributed by atoms with Gasteiger partial charge in [-0.15, -0.1) is 0 Å². The number of nitrogens with zero attached hydrogens (tertiary/aromatic N) is 2. The Balaban J connectivity index is 2.15. The van der Waals surface area contributed by atoms with Gasteiger partial charge < -0.3 is 14.5 Å². The quantitative estimate of drug-likeness (QED) is 0.824. The first-order valence-corrected chi connectivity index (χ1v) is 5.14. The summed E-state index contributed by atoms with van der Waals surface area (Å²) in [4.78, 5) is 24.2. The Labute approximate surface area is 91.8 Å². The Bertz CT molecular complexity index is 422. The van der Waals surface area contributed by atoms with E-state index in [9.17, 15) is 9.59 Å². The highest BCUT2D eigenvalue weighted by Crippen LogP contribution is 2.27. The largest absolute Gasteiger partial charge is 0.475 e. The fourth-order valence-electron chi connectivity index (χ4n) is 1.58. The molecule has 1 aromatic rings. The summed E-state index contributed by atoms with van der Waals surface area (Å²) < 4.78 is 4.54. The van der Waals surface area contributed by atoms with E-state index in [2.05, 4.69) is 9.68 Å². The fourth-order valence-corrected chi connectivity index (χ4v) is 1.58. The van der Waals surface area contributed by atoms with Crippen molar-refractivity contribution in [2.45, 2.75) is 25.8 Å². The number of carbonyl (C=O) groups is 2. The van der Waals surface area contributed by atoms with Gasteiger partial charge in [-0.1, -0.05) is 5.16 Å². The van der Waals surface area contributed by atoms with E-state index >= 15 is 0 Å². The van der Waals surface area contributed by atoms with Gasteiger partial charge in [0.25, 0.3) is 5.91 Å². The summed E-state index contributed by atoms with van der Waals surface area (Å²) >= 11 is 0. The molecule has 0 aliphatic heterocycles. The molecule has 0 bridgehead atoms. The van der Waals surface area contributed by atoms with Crippen LogP contribution in [-0.2, 0) is 0 Å². The lowest BCUT2D eigenvalue weighted by Crippen LogP contribution is -2.33. The molecule has 1 aliphatic rings. The SMILES string of the molecule is CCN(C(=O)c1cc(C(=O)O)on1)C1CC1. The van der Waals surface area contributed by atoms with E-state index in [1.807, 2.05) is 6.92 Å². The Morgan fingerprint density at radius 3 is 2.75 bits per heavy atom. The van der Waals surface area contributed by atoms with E-state index in [1.54, 1.807) is 4.90 Å². The highest BCUT2D eigenvalue weighted by atomic mass is 16.5. The molecule has 0 saturated heterocycles. The number of amides is 1. The van der Waals surface area contributed by atoms with Crippen molar-refractivity contribution >= 4 is 11.9 Å². The van der Waals surface area contributed by atoms with Gasteiger partial charge in [-0.3, -0.25) is 4.79 Å². The second-order valence-corrected chi connectivity index (χ2v) is 3.70. The van der Waals surface area contributed by atoms with Crippen LogP contribution in [0.4, 0.5) is 0 Å². The average molecular weight is 224 g/mol. The van der Waals surface area contributed by atoms with Crippen LogP contribution in [0.1, 0.15) is 40.8 Å². The van der Waals surface area contributed by atoms with Crippen molar-refractivity contribution in [3.63, 3.8) is 0 Å².